The molecule has 2 aromatic carbocycles. The first-order valence-corrected chi connectivity index (χ1v) is 9.57. The third kappa shape index (κ3) is 5.63. The van der Waals surface area contributed by atoms with Crippen molar-refractivity contribution in [2.75, 3.05) is 19.5 Å². The molecule has 0 radical (unpaired) electrons. The number of nitrogens with zero attached hydrogens (tertiary/aromatic N) is 1. The Bertz CT molecular complexity index is 915. The lowest BCUT2D eigenvalue weighted by atomic mass is 10.1. The van der Waals surface area contributed by atoms with Crippen LogP contribution < -0.4 is 19.5 Å². The number of hydrogen-bond donors (Lipinski definition) is 1. The quantitative estimate of drug-likeness (QED) is 0.346. The number of anilines is 1. The van der Waals surface area contributed by atoms with Gasteiger partial charge in [-0.15, -0.1) is 0 Å². The van der Waals surface area contributed by atoms with Gasteiger partial charge in [-0.25, -0.2) is 0 Å². The van der Waals surface area contributed by atoms with Crippen LogP contribution in [0.3, 0.4) is 0 Å². The Kier molecular flexibility index (Phi) is 7.70. The summed E-state index contributed by atoms with van der Waals surface area (Å²) in [5.41, 5.74) is 1.21. The minimum Gasteiger partial charge on any atom is -0.497 e. The molecule has 1 amide bonds. The first-order chi connectivity index (χ1) is 13.4. The smallest absolute Gasteiger partial charge is 0.266 e. The predicted octanol–water partition coefficient (Wildman–Crippen LogP) is 4.64. The molecule has 0 aliphatic carbocycles. The number of halogens is 1. The molecule has 1 N–H and O–H groups in total. The number of methoxy groups -OCH3 is 2. The predicted molar refractivity (Wildman–Crippen MR) is 117 cm³/mol. The van der Waals surface area contributed by atoms with Crippen molar-refractivity contribution >= 4 is 40.3 Å². The van der Waals surface area contributed by atoms with Gasteiger partial charge in [0.2, 0.25) is 0 Å². The maximum absolute atomic E-state index is 12.5. The number of carbonyl (C=O) groups excluding carboxylic acids is 1. The Hall–Kier alpha value is -2.73. The molecule has 0 heterocycles. The summed E-state index contributed by atoms with van der Waals surface area (Å²) in [6.07, 6.45) is 1.51. The van der Waals surface area contributed by atoms with Crippen LogP contribution in [0, 0.1) is 14.9 Å². The van der Waals surface area contributed by atoms with E-state index in [9.17, 15) is 10.1 Å². The number of amides is 1. The number of nitrogens with one attached hydrogen (secondary N) is 1. The highest BCUT2D eigenvalue weighted by Gasteiger charge is 2.15. The van der Waals surface area contributed by atoms with Crippen molar-refractivity contribution in [2.24, 2.45) is 0 Å². The normalized spacial score (nSPS) is 11.0. The highest BCUT2D eigenvalue weighted by molar-refractivity contribution is 14.1. The lowest BCUT2D eigenvalue weighted by Gasteiger charge is -2.16. The van der Waals surface area contributed by atoms with E-state index in [1.807, 2.05) is 26.0 Å². The van der Waals surface area contributed by atoms with Gasteiger partial charge in [-0.2, -0.15) is 5.26 Å². The van der Waals surface area contributed by atoms with Crippen LogP contribution in [-0.4, -0.2) is 26.2 Å². The summed E-state index contributed by atoms with van der Waals surface area (Å²) in [6.45, 7) is 3.86. The molecule has 0 fully saturated rings. The fourth-order valence-electron chi connectivity index (χ4n) is 2.36. The van der Waals surface area contributed by atoms with Crippen molar-refractivity contribution < 1.29 is 19.0 Å². The zero-order valence-corrected chi connectivity index (χ0v) is 18.2. The van der Waals surface area contributed by atoms with Crippen LogP contribution in [0.1, 0.15) is 19.4 Å². The van der Waals surface area contributed by atoms with Crippen molar-refractivity contribution in [3.8, 4) is 23.3 Å². The maximum atomic E-state index is 12.5. The second-order valence-corrected chi connectivity index (χ2v) is 7.22. The van der Waals surface area contributed by atoms with Gasteiger partial charge >= 0.3 is 0 Å². The first-order valence-electron chi connectivity index (χ1n) is 8.49. The van der Waals surface area contributed by atoms with E-state index in [0.29, 0.717) is 28.5 Å². The van der Waals surface area contributed by atoms with Crippen LogP contribution in [0.25, 0.3) is 6.08 Å². The largest absolute Gasteiger partial charge is 0.497 e. The highest BCUT2D eigenvalue weighted by Crippen LogP contribution is 2.35. The number of hydrogen-bond acceptors (Lipinski definition) is 5. The third-order valence-electron chi connectivity index (χ3n) is 3.63. The average Bonchev–Trinajstić information content (AvgIpc) is 2.68. The Balaban J connectivity index is 2.28. The Morgan fingerprint density at radius 3 is 2.39 bits per heavy atom. The molecule has 0 unspecified atom stereocenters. The molecule has 0 aromatic heterocycles. The number of ether oxygens (including phenoxy) is 3. The van der Waals surface area contributed by atoms with Crippen LogP contribution in [0.15, 0.2) is 42.0 Å². The Morgan fingerprint density at radius 1 is 1.18 bits per heavy atom. The van der Waals surface area contributed by atoms with Crippen molar-refractivity contribution in [3.05, 3.63) is 51.1 Å². The molecule has 0 spiro atoms. The first kappa shape index (κ1) is 21.6. The lowest BCUT2D eigenvalue weighted by Crippen LogP contribution is -2.13. The zero-order chi connectivity index (χ0) is 20.7. The van der Waals surface area contributed by atoms with E-state index < -0.39 is 5.91 Å². The van der Waals surface area contributed by atoms with Crippen LogP contribution in [0.4, 0.5) is 5.69 Å². The molecule has 0 aliphatic rings. The number of rotatable bonds is 7. The topological polar surface area (TPSA) is 80.6 Å². The van der Waals surface area contributed by atoms with E-state index in [4.69, 9.17) is 14.2 Å². The summed E-state index contributed by atoms with van der Waals surface area (Å²) in [4.78, 5) is 12.5. The van der Waals surface area contributed by atoms with Crippen LogP contribution >= 0.6 is 22.6 Å². The second-order valence-electron chi connectivity index (χ2n) is 6.05. The zero-order valence-electron chi connectivity index (χ0n) is 16.1. The van der Waals surface area contributed by atoms with E-state index in [1.54, 1.807) is 44.6 Å². The van der Waals surface area contributed by atoms with Gasteiger partial charge < -0.3 is 19.5 Å². The van der Waals surface area contributed by atoms with Gasteiger partial charge in [-0.3, -0.25) is 4.79 Å². The number of benzene rings is 2. The van der Waals surface area contributed by atoms with E-state index in [1.165, 1.54) is 6.08 Å². The minimum absolute atomic E-state index is 0.00579. The fraction of sp³-hybridized carbons (Fsp3) is 0.238. The highest BCUT2D eigenvalue weighted by atomic mass is 127. The van der Waals surface area contributed by atoms with Gasteiger partial charge in [-0.1, -0.05) is 0 Å². The van der Waals surface area contributed by atoms with Gasteiger partial charge in [0, 0.05) is 5.69 Å². The minimum atomic E-state index is -0.496. The van der Waals surface area contributed by atoms with Crippen LogP contribution in [0.5, 0.6) is 17.2 Å². The molecule has 146 valence electrons. The molecular weight excluding hydrogens is 471 g/mol. The number of carbonyl (C=O) groups is 1. The van der Waals surface area contributed by atoms with E-state index >= 15 is 0 Å². The number of nitriles is 1. The van der Waals surface area contributed by atoms with Gasteiger partial charge in [0.1, 0.15) is 17.4 Å². The summed E-state index contributed by atoms with van der Waals surface area (Å²) in [5.74, 6) is 1.36. The Morgan fingerprint density at radius 2 is 1.86 bits per heavy atom. The van der Waals surface area contributed by atoms with Crippen molar-refractivity contribution in [1.82, 2.24) is 0 Å². The average molecular weight is 492 g/mol. The van der Waals surface area contributed by atoms with E-state index in [-0.39, 0.29) is 11.7 Å². The molecule has 2 aromatic rings. The molecule has 0 aliphatic heterocycles. The van der Waals surface area contributed by atoms with Gasteiger partial charge in [-0.05, 0) is 84.5 Å². The monoisotopic (exact) mass is 492 g/mol. The van der Waals surface area contributed by atoms with Crippen LogP contribution in [-0.2, 0) is 4.79 Å². The molecule has 0 saturated heterocycles. The summed E-state index contributed by atoms with van der Waals surface area (Å²) < 4.78 is 17.1. The molecule has 0 atom stereocenters. The second kappa shape index (κ2) is 9.99. The van der Waals surface area contributed by atoms with Gasteiger partial charge in [0.25, 0.3) is 5.91 Å². The van der Waals surface area contributed by atoms with E-state index in [0.717, 1.165) is 3.57 Å². The maximum Gasteiger partial charge on any atom is 0.266 e. The Labute approximate surface area is 178 Å². The SMILES string of the molecule is COc1ccc(NC(=O)/C(C#N)=C/c2cc(I)c(OC(C)C)c(OC)c2)cc1. The lowest BCUT2D eigenvalue weighted by molar-refractivity contribution is -0.112. The fourth-order valence-corrected chi connectivity index (χ4v) is 3.11. The van der Waals surface area contributed by atoms with Crippen molar-refractivity contribution in [2.45, 2.75) is 20.0 Å². The van der Waals surface area contributed by atoms with Crippen molar-refractivity contribution in [3.63, 3.8) is 0 Å². The molecule has 0 bridgehead atoms. The van der Waals surface area contributed by atoms with Gasteiger partial charge in [0.05, 0.1) is 23.9 Å². The molecule has 6 nitrogen and oxygen atoms in total. The molecule has 28 heavy (non-hydrogen) atoms. The van der Waals surface area contributed by atoms with Crippen molar-refractivity contribution in [1.29, 1.82) is 5.26 Å². The summed E-state index contributed by atoms with van der Waals surface area (Å²) in [7, 11) is 3.12. The molecule has 7 heteroatoms. The molecule has 2 rings (SSSR count). The van der Waals surface area contributed by atoms with Gasteiger partial charge in [0.15, 0.2) is 11.5 Å². The third-order valence-corrected chi connectivity index (χ3v) is 4.43. The summed E-state index contributed by atoms with van der Waals surface area (Å²) in [5, 5.41) is 12.1. The summed E-state index contributed by atoms with van der Waals surface area (Å²) >= 11 is 2.14. The summed E-state index contributed by atoms with van der Waals surface area (Å²) in [6, 6.07) is 12.4. The van der Waals surface area contributed by atoms with E-state index in [2.05, 4.69) is 27.9 Å². The molecular formula is C21H21IN2O4. The molecule has 0 saturated carbocycles. The standard InChI is InChI=1S/C21H21IN2O4/c1-13(2)28-20-18(22)10-14(11-19(20)27-4)9-15(12-23)21(25)24-16-5-7-17(26-3)8-6-16/h5-11,13H,1-4H3,(H,24,25)/b15-9+. The van der Waals surface area contributed by atoms with Crippen LogP contribution in [0.2, 0.25) is 0 Å².